The number of nitrogens with one attached hydrogen (secondary N) is 1. The highest BCUT2D eigenvalue weighted by atomic mass is 35.5. The molecule has 0 fully saturated rings. The van der Waals surface area contributed by atoms with Crippen molar-refractivity contribution < 1.29 is 9.13 Å². The number of nitrogens with zero attached hydrogens (tertiary/aromatic N) is 2. The Balaban J connectivity index is 2.37. The number of methoxy groups -OCH3 is 1. The molecule has 0 aliphatic heterocycles. The van der Waals surface area contributed by atoms with Crippen LogP contribution in [0.4, 0.5) is 15.9 Å². The molecule has 4 nitrogen and oxygen atoms in total. The number of halogens is 2. The maximum Gasteiger partial charge on any atom is 0.146 e. The van der Waals surface area contributed by atoms with E-state index in [9.17, 15) is 4.39 Å². The molecule has 2 aromatic rings. The quantitative estimate of drug-likeness (QED) is 0.848. The Morgan fingerprint density at radius 1 is 1.35 bits per heavy atom. The molecule has 0 amide bonds. The maximum atomic E-state index is 13.8. The van der Waals surface area contributed by atoms with Gasteiger partial charge in [0.05, 0.1) is 12.8 Å². The summed E-state index contributed by atoms with van der Waals surface area (Å²) < 4.78 is 18.9. The van der Waals surface area contributed by atoms with Gasteiger partial charge in [-0.1, -0.05) is 24.9 Å². The van der Waals surface area contributed by atoms with E-state index in [-0.39, 0.29) is 11.5 Å². The molecule has 1 heterocycles. The topological polar surface area (TPSA) is 47.0 Å². The summed E-state index contributed by atoms with van der Waals surface area (Å²) in [5, 5.41) is 3.33. The molecule has 0 spiro atoms. The third-order valence-electron chi connectivity index (χ3n) is 2.82. The smallest absolute Gasteiger partial charge is 0.146 e. The Kier molecular flexibility index (Phi) is 4.74. The van der Waals surface area contributed by atoms with E-state index >= 15 is 0 Å². The molecule has 2 rings (SSSR count). The molecule has 0 saturated heterocycles. The van der Waals surface area contributed by atoms with Crippen LogP contribution in [0.25, 0.3) is 0 Å². The van der Waals surface area contributed by atoms with Gasteiger partial charge >= 0.3 is 0 Å². The van der Waals surface area contributed by atoms with Gasteiger partial charge < -0.3 is 10.1 Å². The maximum absolute atomic E-state index is 13.8. The predicted molar refractivity (Wildman–Crippen MR) is 77.3 cm³/mol. The van der Waals surface area contributed by atoms with E-state index in [1.54, 1.807) is 12.1 Å². The molecule has 6 heteroatoms. The number of rotatable bonds is 5. The average Bonchev–Trinajstić information content (AvgIpc) is 2.45. The number of hydrogen-bond donors (Lipinski definition) is 1. The van der Waals surface area contributed by atoms with Crippen LogP contribution in [-0.4, -0.2) is 17.1 Å². The van der Waals surface area contributed by atoms with Gasteiger partial charge in [0.2, 0.25) is 0 Å². The van der Waals surface area contributed by atoms with Crippen molar-refractivity contribution in [3.8, 4) is 5.75 Å². The number of anilines is 2. The van der Waals surface area contributed by atoms with Crippen molar-refractivity contribution in [2.24, 2.45) is 0 Å². The highest BCUT2D eigenvalue weighted by Crippen LogP contribution is 2.28. The van der Waals surface area contributed by atoms with Crippen LogP contribution in [0.3, 0.4) is 0 Å². The van der Waals surface area contributed by atoms with Crippen LogP contribution in [0, 0.1) is 5.82 Å². The van der Waals surface area contributed by atoms with Crippen LogP contribution in [0.2, 0.25) is 5.15 Å². The highest BCUT2D eigenvalue weighted by Gasteiger charge is 2.12. The van der Waals surface area contributed by atoms with Gasteiger partial charge in [-0.2, -0.15) is 0 Å². The fourth-order valence-corrected chi connectivity index (χ4v) is 2.05. The van der Waals surface area contributed by atoms with Crippen molar-refractivity contribution >= 4 is 23.1 Å². The summed E-state index contributed by atoms with van der Waals surface area (Å²) in [4.78, 5) is 8.09. The average molecular weight is 296 g/mol. The minimum atomic E-state index is -0.386. The van der Waals surface area contributed by atoms with E-state index < -0.39 is 0 Å². The van der Waals surface area contributed by atoms with Gasteiger partial charge in [-0.3, -0.25) is 0 Å². The van der Waals surface area contributed by atoms with Crippen LogP contribution < -0.4 is 10.1 Å². The minimum absolute atomic E-state index is 0.288. The number of ether oxygens (including phenoxy) is 1. The number of aromatic nitrogens is 2. The summed E-state index contributed by atoms with van der Waals surface area (Å²) >= 11 is 6.06. The molecule has 106 valence electrons. The lowest BCUT2D eigenvalue weighted by Gasteiger charge is -2.12. The second-order valence-corrected chi connectivity index (χ2v) is 4.57. The van der Waals surface area contributed by atoms with E-state index in [0.29, 0.717) is 23.1 Å². The van der Waals surface area contributed by atoms with Crippen LogP contribution in [0.15, 0.2) is 24.5 Å². The van der Waals surface area contributed by atoms with Crippen LogP contribution in [-0.2, 0) is 6.42 Å². The van der Waals surface area contributed by atoms with Crippen LogP contribution in [0.5, 0.6) is 5.75 Å². The first kappa shape index (κ1) is 14.5. The number of hydrogen-bond acceptors (Lipinski definition) is 4. The monoisotopic (exact) mass is 295 g/mol. The van der Waals surface area contributed by atoms with Crippen molar-refractivity contribution in [2.75, 3.05) is 12.4 Å². The zero-order valence-electron chi connectivity index (χ0n) is 11.3. The summed E-state index contributed by atoms with van der Waals surface area (Å²) in [6.07, 6.45) is 2.96. The summed E-state index contributed by atoms with van der Waals surface area (Å²) in [5.74, 6) is 0.688. The van der Waals surface area contributed by atoms with Crippen LogP contribution >= 0.6 is 11.6 Å². The van der Waals surface area contributed by atoms with Gasteiger partial charge in [0.1, 0.15) is 28.9 Å². The third kappa shape index (κ3) is 3.17. The second-order valence-electron chi connectivity index (χ2n) is 4.21. The molecule has 0 radical (unpaired) electrons. The Hall–Kier alpha value is -1.88. The van der Waals surface area contributed by atoms with E-state index in [1.165, 1.54) is 19.5 Å². The molecule has 0 atom stereocenters. The Bertz CT molecular complexity index is 607. The molecule has 1 N–H and O–H groups in total. The largest absolute Gasteiger partial charge is 0.497 e. The molecule has 0 aliphatic rings. The summed E-state index contributed by atoms with van der Waals surface area (Å²) in [7, 11) is 1.53. The molecule has 1 aromatic carbocycles. The first-order valence-corrected chi connectivity index (χ1v) is 6.63. The molecule has 20 heavy (non-hydrogen) atoms. The third-order valence-corrected chi connectivity index (χ3v) is 3.15. The fourth-order valence-electron chi connectivity index (χ4n) is 1.82. The normalized spacial score (nSPS) is 10.4. The van der Waals surface area contributed by atoms with Crippen molar-refractivity contribution in [3.05, 3.63) is 41.1 Å². The van der Waals surface area contributed by atoms with Gasteiger partial charge in [-0.25, -0.2) is 14.4 Å². The van der Waals surface area contributed by atoms with Gasteiger partial charge in [-0.05, 0) is 18.6 Å². The Labute approximate surface area is 122 Å². The van der Waals surface area contributed by atoms with Crippen molar-refractivity contribution in [1.29, 1.82) is 0 Å². The van der Waals surface area contributed by atoms with E-state index in [1.807, 2.05) is 6.92 Å². The summed E-state index contributed by atoms with van der Waals surface area (Å²) in [6.45, 7) is 2.03. The molecule has 0 saturated carbocycles. The van der Waals surface area contributed by atoms with Crippen molar-refractivity contribution in [3.63, 3.8) is 0 Å². The van der Waals surface area contributed by atoms with Gasteiger partial charge in [0, 0.05) is 11.6 Å². The summed E-state index contributed by atoms with van der Waals surface area (Å²) in [6, 6.07) is 4.46. The SMILES string of the molecule is CCCc1c(Cl)ncnc1Nc1cc(OC)ccc1F. The van der Waals surface area contributed by atoms with E-state index in [2.05, 4.69) is 15.3 Å². The van der Waals surface area contributed by atoms with Gasteiger partial charge in [0.25, 0.3) is 0 Å². The zero-order chi connectivity index (χ0) is 14.5. The van der Waals surface area contributed by atoms with E-state index in [0.717, 1.165) is 12.0 Å². The highest BCUT2D eigenvalue weighted by molar-refractivity contribution is 6.30. The molecule has 1 aromatic heterocycles. The van der Waals surface area contributed by atoms with Crippen LogP contribution in [0.1, 0.15) is 18.9 Å². The Morgan fingerprint density at radius 2 is 2.15 bits per heavy atom. The predicted octanol–water partition coefficient (Wildman–Crippen LogP) is 3.97. The fraction of sp³-hybridized carbons (Fsp3) is 0.286. The first-order chi connectivity index (χ1) is 9.65. The molecule has 0 aliphatic carbocycles. The molecular weight excluding hydrogens is 281 g/mol. The summed E-state index contributed by atoms with van der Waals surface area (Å²) in [5.41, 5.74) is 1.07. The second kappa shape index (κ2) is 6.52. The Morgan fingerprint density at radius 3 is 2.85 bits per heavy atom. The van der Waals surface area contributed by atoms with Gasteiger partial charge in [0.15, 0.2) is 0 Å². The lowest BCUT2D eigenvalue weighted by molar-refractivity contribution is 0.414. The standard InChI is InChI=1S/C14H15ClFN3O/c1-3-4-10-13(15)17-8-18-14(10)19-12-7-9(20-2)5-6-11(12)16/h5-8H,3-4H2,1-2H3,(H,17,18,19). The molecular formula is C14H15ClFN3O. The lowest BCUT2D eigenvalue weighted by Crippen LogP contribution is -2.03. The minimum Gasteiger partial charge on any atom is -0.497 e. The van der Waals surface area contributed by atoms with E-state index in [4.69, 9.17) is 16.3 Å². The molecule has 0 bridgehead atoms. The molecule has 0 unspecified atom stereocenters. The lowest BCUT2D eigenvalue weighted by atomic mass is 10.2. The van der Waals surface area contributed by atoms with Gasteiger partial charge in [-0.15, -0.1) is 0 Å². The first-order valence-electron chi connectivity index (χ1n) is 6.25. The van der Waals surface area contributed by atoms with Crippen molar-refractivity contribution in [2.45, 2.75) is 19.8 Å². The number of benzene rings is 1. The zero-order valence-corrected chi connectivity index (χ0v) is 12.0. The van der Waals surface area contributed by atoms with Crippen molar-refractivity contribution in [1.82, 2.24) is 9.97 Å².